The molecule has 1 atom stereocenters. The van der Waals surface area contributed by atoms with Crippen LogP contribution in [0.4, 0.5) is 0 Å². The van der Waals surface area contributed by atoms with Gasteiger partial charge < -0.3 is 14.2 Å². The largest absolute Gasteiger partial charge is 0.462 e. The highest BCUT2D eigenvalue weighted by atomic mass is 16.6. The number of ether oxygens (including phenoxy) is 3. The van der Waals surface area contributed by atoms with E-state index in [0.717, 1.165) is 103 Å². The Bertz CT molecular complexity index is 1180. The van der Waals surface area contributed by atoms with Gasteiger partial charge in [-0.05, 0) is 83.5 Å². The van der Waals surface area contributed by atoms with E-state index < -0.39 is 6.10 Å². The molecule has 0 aromatic heterocycles. The van der Waals surface area contributed by atoms with Gasteiger partial charge in [-0.25, -0.2) is 0 Å². The first-order valence-electron chi connectivity index (χ1n) is 27.8. The van der Waals surface area contributed by atoms with E-state index in [4.69, 9.17) is 14.2 Å². The molecule has 1 unspecified atom stereocenters. The third-order valence-electron chi connectivity index (χ3n) is 12.0. The third kappa shape index (κ3) is 51.9. The van der Waals surface area contributed by atoms with Crippen LogP contribution >= 0.6 is 0 Å². The van der Waals surface area contributed by atoms with Crippen LogP contribution in [-0.4, -0.2) is 37.2 Å². The van der Waals surface area contributed by atoms with Crippen molar-refractivity contribution in [3.63, 3.8) is 0 Å². The van der Waals surface area contributed by atoms with Crippen molar-refractivity contribution < 1.29 is 28.6 Å². The summed E-state index contributed by atoms with van der Waals surface area (Å²) in [5.74, 6) is -0.894. The summed E-state index contributed by atoms with van der Waals surface area (Å²) in [6.07, 6.45) is 66.3. The molecule has 0 saturated heterocycles. The Morgan fingerprint density at radius 3 is 0.954 bits per heavy atom. The van der Waals surface area contributed by atoms with Gasteiger partial charge in [0.05, 0.1) is 0 Å². The molecule has 0 aliphatic carbocycles. The van der Waals surface area contributed by atoms with Gasteiger partial charge in [0, 0.05) is 19.3 Å². The molecule has 0 bridgehead atoms. The summed E-state index contributed by atoms with van der Waals surface area (Å²) >= 11 is 0. The van der Waals surface area contributed by atoms with E-state index >= 15 is 0 Å². The lowest BCUT2D eigenvalue weighted by molar-refractivity contribution is -0.167. The number of carbonyl (C=O) groups is 3. The average molecular weight is 909 g/mol. The summed E-state index contributed by atoms with van der Waals surface area (Å²) in [6.45, 7) is 6.52. The van der Waals surface area contributed by atoms with Crippen LogP contribution in [-0.2, 0) is 28.6 Å². The number of rotatable bonds is 50. The van der Waals surface area contributed by atoms with Crippen LogP contribution in [0.5, 0.6) is 0 Å². The van der Waals surface area contributed by atoms with Crippen LogP contribution in [0, 0.1) is 0 Å². The van der Waals surface area contributed by atoms with Crippen molar-refractivity contribution in [1.82, 2.24) is 0 Å². The predicted octanol–water partition coefficient (Wildman–Crippen LogP) is 18.4. The molecular formula is C59H104O6. The second-order valence-electron chi connectivity index (χ2n) is 18.5. The van der Waals surface area contributed by atoms with Gasteiger partial charge >= 0.3 is 17.9 Å². The summed E-state index contributed by atoms with van der Waals surface area (Å²) in [4.78, 5) is 38.1. The Morgan fingerprint density at radius 1 is 0.323 bits per heavy atom. The number of unbranched alkanes of at least 4 members (excludes halogenated alkanes) is 29. The van der Waals surface area contributed by atoms with Gasteiger partial charge in [0.2, 0.25) is 0 Å². The van der Waals surface area contributed by atoms with Gasteiger partial charge in [-0.3, -0.25) is 14.4 Å². The molecule has 0 aliphatic heterocycles. The van der Waals surface area contributed by atoms with E-state index in [2.05, 4.69) is 81.5 Å². The van der Waals surface area contributed by atoms with E-state index in [1.165, 1.54) is 135 Å². The summed E-state index contributed by atoms with van der Waals surface area (Å²) in [5, 5.41) is 0. The second-order valence-corrected chi connectivity index (χ2v) is 18.5. The van der Waals surface area contributed by atoms with Gasteiger partial charge in [0.25, 0.3) is 0 Å². The van der Waals surface area contributed by atoms with Crippen molar-refractivity contribution in [1.29, 1.82) is 0 Å². The zero-order valence-electron chi connectivity index (χ0n) is 43.0. The van der Waals surface area contributed by atoms with Gasteiger partial charge in [-0.2, -0.15) is 0 Å². The molecular weight excluding hydrogens is 805 g/mol. The monoisotopic (exact) mass is 909 g/mol. The van der Waals surface area contributed by atoms with Crippen LogP contribution in [0.2, 0.25) is 0 Å². The predicted molar refractivity (Wildman–Crippen MR) is 279 cm³/mol. The highest BCUT2D eigenvalue weighted by Crippen LogP contribution is 2.15. The first-order valence-corrected chi connectivity index (χ1v) is 27.8. The highest BCUT2D eigenvalue weighted by Gasteiger charge is 2.19. The Labute approximate surface area is 402 Å². The normalized spacial score (nSPS) is 12.5. The first-order chi connectivity index (χ1) is 32.0. The molecule has 0 rings (SSSR count). The minimum atomic E-state index is -0.782. The Kier molecular flexibility index (Phi) is 51.3. The quantitative estimate of drug-likeness (QED) is 0.0262. The van der Waals surface area contributed by atoms with Gasteiger partial charge in [-0.15, -0.1) is 0 Å². The lowest BCUT2D eigenvalue weighted by Crippen LogP contribution is -2.30. The minimum absolute atomic E-state index is 0.0799. The van der Waals surface area contributed by atoms with E-state index in [0.29, 0.717) is 19.3 Å². The van der Waals surface area contributed by atoms with E-state index in [-0.39, 0.29) is 31.1 Å². The highest BCUT2D eigenvalue weighted by molar-refractivity contribution is 5.71. The van der Waals surface area contributed by atoms with E-state index in [1.54, 1.807) is 0 Å². The maximum Gasteiger partial charge on any atom is 0.306 e. The average Bonchev–Trinajstić information content (AvgIpc) is 3.30. The lowest BCUT2D eigenvalue weighted by atomic mass is 10.0. The van der Waals surface area contributed by atoms with Crippen molar-refractivity contribution in [3.8, 4) is 0 Å². The molecule has 0 aliphatic rings. The summed E-state index contributed by atoms with van der Waals surface area (Å²) in [7, 11) is 0. The van der Waals surface area contributed by atoms with Crippen molar-refractivity contribution in [2.24, 2.45) is 0 Å². The van der Waals surface area contributed by atoms with Crippen molar-refractivity contribution in [3.05, 3.63) is 60.8 Å². The Balaban J connectivity index is 4.38. The lowest BCUT2D eigenvalue weighted by Gasteiger charge is -2.18. The zero-order chi connectivity index (χ0) is 47.2. The number of allylic oxidation sites excluding steroid dienone is 10. The van der Waals surface area contributed by atoms with E-state index in [9.17, 15) is 14.4 Å². The molecule has 0 saturated carbocycles. The molecule has 65 heavy (non-hydrogen) atoms. The van der Waals surface area contributed by atoms with Crippen LogP contribution in [0.3, 0.4) is 0 Å². The molecule has 0 spiro atoms. The third-order valence-corrected chi connectivity index (χ3v) is 12.0. The standard InChI is InChI=1S/C59H104O6/c1-4-7-10-13-16-19-22-25-27-29-30-31-33-34-37-40-43-46-49-52-58(61)64-55-56(54-63-57(60)51-48-45-42-39-36-24-21-18-15-12-9-6-3)65-59(62)53-50-47-44-41-38-35-32-28-26-23-20-17-14-11-8-5-2/h7,10,16,19,25,27-28,30-32,56H,4-6,8-9,11-15,17-18,20-24,26,29,33-55H2,1-3H3/b10-7-,19-16-,27-25-,31-30-,32-28-. The topological polar surface area (TPSA) is 78.9 Å². The zero-order valence-corrected chi connectivity index (χ0v) is 43.0. The SMILES string of the molecule is CC/C=C\C/C=C\C/C=C\C/C=C\CCCCCCCCC(=O)OCC(COC(=O)CCCCCCCCCCCCCC)OC(=O)CCCCCCC/C=C\CCCCCCCCC. The molecule has 376 valence electrons. The number of carbonyl (C=O) groups excluding carboxylic acids is 3. The summed E-state index contributed by atoms with van der Waals surface area (Å²) < 4.78 is 16.8. The number of hydrogen-bond acceptors (Lipinski definition) is 6. The first kappa shape index (κ1) is 62.1. The van der Waals surface area contributed by atoms with Crippen molar-refractivity contribution >= 4 is 17.9 Å². The summed E-state index contributed by atoms with van der Waals surface area (Å²) in [6, 6.07) is 0. The molecule has 0 radical (unpaired) electrons. The van der Waals surface area contributed by atoms with Crippen LogP contribution in [0.15, 0.2) is 60.8 Å². The molecule has 6 heteroatoms. The smallest absolute Gasteiger partial charge is 0.306 e. The second kappa shape index (κ2) is 53.7. The molecule has 0 fully saturated rings. The molecule has 0 amide bonds. The maximum atomic E-state index is 12.8. The van der Waals surface area contributed by atoms with Gasteiger partial charge in [-0.1, -0.05) is 236 Å². The molecule has 6 nitrogen and oxygen atoms in total. The van der Waals surface area contributed by atoms with Crippen LogP contribution in [0.25, 0.3) is 0 Å². The van der Waals surface area contributed by atoms with Crippen molar-refractivity contribution in [2.45, 2.75) is 284 Å². The molecule has 0 aromatic carbocycles. The fourth-order valence-electron chi connectivity index (χ4n) is 7.84. The number of esters is 3. The molecule has 0 aromatic rings. The Hall–Kier alpha value is -2.89. The van der Waals surface area contributed by atoms with Gasteiger partial charge in [0.15, 0.2) is 6.10 Å². The van der Waals surface area contributed by atoms with Gasteiger partial charge in [0.1, 0.15) is 13.2 Å². The van der Waals surface area contributed by atoms with Crippen LogP contribution in [0.1, 0.15) is 278 Å². The fraction of sp³-hybridized carbons (Fsp3) is 0.780. The van der Waals surface area contributed by atoms with E-state index in [1.807, 2.05) is 0 Å². The summed E-state index contributed by atoms with van der Waals surface area (Å²) in [5.41, 5.74) is 0. The minimum Gasteiger partial charge on any atom is -0.462 e. The maximum absolute atomic E-state index is 12.8. The molecule has 0 heterocycles. The molecule has 0 N–H and O–H groups in total. The number of hydrogen-bond donors (Lipinski definition) is 0. The Morgan fingerprint density at radius 2 is 0.600 bits per heavy atom. The van der Waals surface area contributed by atoms with Crippen LogP contribution < -0.4 is 0 Å². The fourth-order valence-corrected chi connectivity index (χ4v) is 7.84. The van der Waals surface area contributed by atoms with Crippen molar-refractivity contribution in [2.75, 3.05) is 13.2 Å².